The minimum absolute atomic E-state index is 0.0644. The number of aromatic nitrogens is 4. The van der Waals surface area contributed by atoms with Gasteiger partial charge in [0.05, 0.1) is 74.3 Å². The van der Waals surface area contributed by atoms with Crippen LogP contribution in [0, 0.1) is 17.8 Å². The maximum Gasteiger partial charge on any atom is 0.303 e. The lowest BCUT2D eigenvalue weighted by Gasteiger charge is -2.34. The molecule has 134 heavy (non-hydrogen) atoms. The number of amides is 11. The molecule has 736 valence electrons. The van der Waals surface area contributed by atoms with Gasteiger partial charge in [0.15, 0.2) is 28.9 Å². The number of aliphatic carboxylic acids is 1. The number of unbranched alkanes of at least 4 members (excludes halogenated alkanes) is 3. The van der Waals surface area contributed by atoms with E-state index in [1.165, 1.54) is 52.0 Å². The van der Waals surface area contributed by atoms with Crippen LogP contribution >= 0.6 is 0 Å². The predicted molar refractivity (Wildman–Crippen MR) is 494 cm³/mol. The number of fused-ring (bicyclic) bond motifs is 1. The third kappa shape index (κ3) is 37.7. The molecule has 11 amide bonds. The molecule has 41 heteroatoms. The number of phenols is 1. The summed E-state index contributed by atoms with van der Waals surface area (Å²) in [4.78, 5) is 236. The number of nitrogens with one attached hydrogen (secondary N) is 14. The average molecular weight is 1870 g/mol. The number of primary amides is 2. The van der Waals surface area contributed by atoms with Gasteiger partial charge in [-0.1, -0.05) is 125 Å². The number of para-hydroxylation sites is 1. The highest BCUT2D eigenvalue weighted by molar-refractivity contribution is 6.06. The fraction of sp³-hybridized carbons (Fsp3) is 0.581. The molecule has 41 nitrogen and oxygen atoms in total. The van der Waals surface area contributed by atoms with E-state index in [1.54, 1.807) is 106 Å². The Labute approximate surface area is 779 Å². The highest BCUT2D eigenvalue weighted by Gasteiger charge is 2.42. The number of carbonyl (C=O) groups is 17. The number of benzene rings is 3. The SMILES string of the molecule is CC(=O)N[C@@H](CC(C)C)C(=O)N[C@H](C(=O)N[C@@H](Cc1ccccc1)C(=O)N[C@](C)(CCCCCCn1nncc1CCC[C@@H](C)C(=O)N[C@@H](CO)C(=O)CN[C@@H](C)C(=O)CCN[C@@H](C)C(=O)CN)C(=O)N[C@@H](CCC(=O)O)C(=O)N[C@@H](Cc1ccc(O)cc1)C(=O)N[C@@H](Cc1c[nH]c2ccccc12)C(=O)CC(=O)[C@H](C)NCN[C@@H](CCC(N)=O)C(=O)N[C@@H](CC1CCC1)C(N)=O)[C@@H](C)O. The molecule has 0 saturated heterocycles. The van der Waals surface area contributed by atoms with Gasteiger partial charge in [-0.3, -0.25) is 92.1 Å². The zero-order chi connectivity index (χ0) is 98.9. The number of rotatable bonds is 66. The summed E-state index contributed by atoms with van der Waals surface area (Å²) < 4.78 is 1.69. The van der Waals surface area contributed by atoms with Gasteiger partial charge in [0.25, 0.3) is 0 Å². The van der Waals surface area contributed by atoms with Gasteiger partial charge in [-0.15, -0.1) is 5.10 Å². The fourth-order valence-electron chi connectivity index (χ4n) is 15.3. The van der Waals surface area contributed by atoms with Gasteiger partial charge in [0, 0.05) is 88.2 Å². The molecule has 1 saturated carbocycles. The third-order valence-electron chi connectivity index (χ3n) is 23.9. The monoisotopic (exact) mass is 1870 g/mol. The van der Waals surface area contributed by atoms with E-state index in [2.05, 4.69) is 84.4 Å². The summed E-state index contributed by atoms with van der Waals surface area (Å²) in [5, 5.41) is 86.5. The Morgan fingerprint density at radius 3 is 1.79 bits per heavy atom. The van der Waals surface area contributed by atoms with E-state index in [4.69, 9.17) is 17.2 Å². The number of aryl methyl sites for hydroxylation is 2. The summed E-state index contributed by atoms with van der Waals surface area (Å²) in [7, 11) is 0. The molecule has 1 aliphatic carbocycles. The van der Waals surface area contributed by atoms with Gasteiger partial charge in [-0.05, 0) is 139 Å². The molecular weight excluding hydrogens is 1730 g/mol. The quantitative estimate of drug-likeness (QED) is 0.0133. The Kier molecular flexibility index (Phi) is 46.3. The zero-order valence-corrected chi connectivity index (χ0v) is 78.0. The summed E-state index contributed by atoms with van der Waals surface area (Å²) in [6.45, 7) is 12.9. The normalized spacial score (nSPS) is 15.6. The number of aromatic hydroxyl groups is 1. The van der Waals surface area contributed by atoms with Crippen LogP contribution in [0.5, 0.6) is 5.75 Å². The van der Waals surface area contributed by atoms with Crippen molar-refractivity contribution < 1.29 is 102 Å². The van der Waals surface area contributed by atoms with Gasteiger partial charge >= 0.3 is 5.97 Å². The number of phenolic OH excluding ortho intramolecular Hbond substituents is 1. The lowest BCUT2D eigenvalue weighted by atomic mass is 9.80. The van der Waals surface area contributed by atoms with Crippen LogP contribution in [0.4, 0.5) is 0 Å². The summed E-state index contributed by atoms with van der Waals surface area (Å²) >= 11 is 0. The van der Waals surface area contributed by atoms with Crippen LogP contribution in [0.2, 0.25) is 0 Å². The standard InChI is InChI=1S/C93H138N20O21/c1-53(2)41-72(103-59(8)116)89(131)110-83(58(7)115)91(133)107-74(43-60-22-13-12-14-23-60)90(132)111-93(9,38-17-10-11-18-40-113-64(49-102-112-113)26-19-21-54(3)85(127)108-75(51-114)80(122)50-98-55(4)76(118)37-39-97-57(6)79(121)47-94)92(134)109-69(34-36-82(124)125)87(129)106-73(44-62-29-31-65(117)32-30-62)88(130)104-70(45-63-48-99-67-28-16-15-27-66(63)67)78(120)46-77(119)56(5)100-52-101-68(33-35-81(95)123)86(128)105-71(84(96)126)42-61-24-20-25-61/h12-16,22-23,27-32,48-49,53-58,61,68-75,83,97-101,114-115,117H,10-11,17-21,24-26,33-47,50-52,94H2,1-9H3,(H2,95,123)(H2,96,126)(H,103,116)(H,104,130)(H,105,128)(H,106,129)(H,107,133)(H,108,127)(H,109,134)(H,110,131)(H,111,132)(H,124,125)/t54-,55+,56+,57+,58-,68+,69+,70+,71+,72+,73+,74+,75+,83+,93-/m1/s1. The Morgan fingerprint density at radius 1 is 0.560 bits per heavy atom. The number of Topliss-reactive ketones (excluding diaryl/α,β-unsaturated/α-hetero) is 5. The molecule has 0 radical (unpaired) electrons. The number of nitrogens with zero attached hydrogens (tertiary/aromatic N) is 3. The molecule has 0 aliphatic heterocycles. The van der Waals surface area contributed by atoms with Crippen molar-refractivity contribution in [3.05, 3.63) is 114 Å². The topological polar surface area (TPSA) is 652 Å². The number of aromatic amines is 1. The largest absolute Gasteiger partial charge is 0.508 e. The molecule has 0 bridgehead atoms. The zero-order valence-electron chi connectivity index (χ0n) is 78.0. The molecular formula is C93H138N20O21. The van der Waals surface area contributed by atoms with Crippen LogP contribution in [0.1, 0.15) is 200 Å². The molecule has 0 spiro atoms. The number of carboxylic acids is 1. The van der Waals surface area contributed by atoms with Crippen molar-refractivity contribution in [3.8, 4) is 5.75 Å². The van der Waals surface area contributed by atoms with Crippen LogP contribution in [0.15, 0.2) is 91.3 Å². The lowest BCUT2D eigenvalue weighted by Crippen LogP contribution is -2.65. The fourth-order valence-corrected chi connectivity index (χ4v) is 15.3. The Hall–Kier alpha value is -12.2. The van der Waals surface area contributed by atoms with E-state index >= 15 is 19.2 Å². The molecule has 2 heterocycles. The smallest absolute Gasteiger partial charge is 0.303 e. The van der Waals surface area contributed by atoms with E-state index in [-0.39, 0.29) is 113 Å². The second-order valence-corrected chi connectivity index (χ2v) is 35.4. The van der Waals surface area contributed by atoms with Crippen LogP contribution in [0.3, 0.4) is 0 Å². The van der Waals surface area contributed by atoms with Crippen LogP contribution in [0.25, 0.3) is 10.9 Å². The molecule has 1 fully saturated rings. The lowest BCUT2D eigenvalue weighted by molar-refractivity contribution is -0.140. The van der Waals surface area contributed by atoms with Crippen LogP contribution < -0.4 is 86.3 Å². The predicted octanol–water partition coefficient (Wildman–Crippen LogP) is -0.465. The van der Waals surface area contributed by atoms with Crippen molar-refractivity contribution in [1.29, 1.82) is 0 Å². The van der Waals surface area contributed by atoms with Gasteiger partial charge in [0.2, 0.25) is 65.0 Å². The Bertz CT molecular complexity index is 4770. The van der Waals surface area contributed by atoms with E-state index in [1.807, 2.05) is 0 Å². The van der Waals surface area contributed by atoms with Crippen molar-refractivity contribution >= 4 is 111 Å². The number of carbonyl (C=O) groups excluding carboxylic acids is 16. The number of H-pyrrole nitrogens is 1. The van der Waals surface area contributed by atoms with Crippen molar-refractivity contribution in [2.45, 2.75) is 294 Å². The van der Waals surface area contributed by atoms with Crippen molar-refractivity contribution in [3.63, 3.8) is 0 Å². The molecule has 0 unspecified atom stereocenters. The molecule has 5 aromatic rings. The number of hydrogen-bond donors (Lipinski definition) is 21. The highest BCUT2D eigenvalue weighted by Crippen LogP contribution is 2.31. The van der Waals surface area contributed by atoms with Gasteiger partial charge in [0.1, 0.15) is 53.6 Å². The number of aliphatic hydroxyl groups excluding tert-OH is 2. The maximum atomic E-state index is 15.6. The minimum Gasteiger partial charge on any atom is -0.508 e. The first-order chi connectivity index (χ1) is 63.6. The molecule has 2 aromatic heterocycles. The molecule has 6 rings (SSSR count). The summed E-state index contributed by atoms with van der Waals surface area (Å²) in [6, 6.07) is 5.73. The molecule has 1 aliphatic rings. The maximum absolute atomic E-state index is 15.6. The highest BCUT2D eigenvalue weighted by atomic mass is 16.4. The summed E-state index contributed by atoms with van der Waals surface area (Å²) in [6.07, 6.45) is 4.06. The van der Waals surface area contributed by atoms with Crippen LogP contribution in [-0.2, 0) is 114 Å². The van der Waals surface area contributed by atoms with Gasteiger partial charge < -0.3 is 101 Å². The van der Waals surface area contributed by atoms with Crippen molar-refractivity contribution in [2.75, 3.05) is 32.9 Å². The average Bonchev–Trinajstić information content (AvgIpc) is 1.55. The van der Waals surface area contributed by atoms with Gasteiger partial charge in [-0.25, -0.2) is 4.68 Å². The van der Waals surface area contributed by atoms with E-state index in [0.717, 1.165) is 25.0 Å². The summed E-state index contributed by atoms with van der Waals surface area (Å²) in [5.74, 6) is -13.7. The van der Waals surface area contributed by atoms with Crippen molar-refractivity contribution in [1.82, 2.24) is 89.1 Å². The Balaban J connectivity index is 1.24. The first-order valence-corrected chi connectivity index (χ1v) is 45.9. The van der Waals surface area contributed by atoms with E-state index in [9.17, 15) is 82.8 Å². The molecule has 15 atom stereocenters. The first kappa shape index (κ1) is 111. The molecule has 24 N–H and O–H groups in total. The minimum atomic E-state index is -2.08. The second-order valence-electron chi connectivity index (χ2n) is 35.4. The van der Waals surface area contributed by atoms with Crippen molar-refractivity contribution in [2.24, 2.45) is 35.0 Å². The third-order valence-corrected chi connectivity index (χ3v) is 23.9. The number of aliphatic hydroxyl groups is 2. The first-order valence-electron chi connectivity index (χ1n) is 45.9. The number of ketones is 5. The number of carboxylic acid groups (broad SMARTS) is 1. The van der Waals surface area contributed by atoms with Gasteiger partial charge in [-0.2, -0.15) is 0 Å². The van der Waals surface area contributed by atoms with E-state index < -0.39 is 204 Å². The van der Waals surface area contributed by atoms with Crippen LogP contribution in [-0.4, -0.2) is 257 Å². The Morgan fingerprint density at radius 2 is 1.16 bits per heavy atom. The second kappa shape index (κ2) is 56.1. The molecule has 3 aromatic carbocycles. The number of nitrogens with two attached hydrogens (primary N) is 3. The summed E-state index contributed by atoms with van der Waals surface area (Å²) in [5.41, 5.74) is 17.2. The number of hydrogen-bond acceptors (Lipinski definition) is 27. The van der Waals surface area contributed by atoms with E-state index in [0.29, 0.717) is 79.1 Å².